The van der Waals surface area contributed by atoms with E-state index in [4.69, 9.17) is 4.74 Å². The van der Waals surface area contributed by atoms with Crippen molar-refractivity contribution in [2.45, 2.75) is 0 Å². The molecule has 6 heteroatoms. The number of pyridine rings is 1. The molecule has 5 nitrogen and oxygen atoms in total. The van der Waals surface area contributed by atoms with Crippen LogP contribution in [0.5, 0.6) is 5.75 Å². The van der Waals surface area contributed by atoms with Gasteiger partial charge in [0.25, 0.3) is 0 Å². The van der Waals surface area contributed by atoms with Gasteiger partial charge in [-0.25, -0.2) is 9.18 Å². The molecule has 0 radical (unpaired) electrons. The average Bonchev–Trinajstić information content (AvgIpc) is 2.38. The molecule has 0 fully saturated rings. The summed E-state index contributed by atoms with van der Waals surface area (Å²) in [6.07, 6.45) is 2.75. The maximum Gasteiger partial charge on any atom is 0.439 e. The van der Waals surface area contributed by atoms with Gasteiger partial charge in [0.1, 0.15) is 6.26 Å². The Kier molecular flexibility index (Phi) is 2.22. The maximum atomic E-state index is 13.7. The summed E-state index contributed by atoms with van der Waals surface area (Å²) in [5, 5.41) is 0.977. The summed E-state index contributed by atoms with van der Waals surface area (Å²) < 4.78 is 23.2. The molecule has 90 valence electrons. The standard InChI is InChI=1S/C12H7FN2O3/c1-17-10-3-9-7(2-8(10)13)11-6(4-14-9)5-18-12(16)15-11/h2-5H,1H3. The topological polar surface area (TPSA) is 65.2 Å². The number of nitrogens with zero attached hydrogens (tertiary/aromatic N) is 2. The quantitative estimate of drug-likeness (QED) is 0.613. The predicted octanol–water partition coefficient (Wildman–Crippen LogP) is 1.88. The van der Waals surface area contributed by atoms with E-state index in [0.29, 0.717) is 21.8 Å². The van der Waals surface area contributed by atoms with Crippen LogP contribution < -0.4 is 10.5 Å². The van der Waals surface area contributed by atoms with E-state index in [-0.39, 0.29) is 5.75 Å². The fourth-order valence-corrected chi connectivity index (χ4v) is 1.79. The van der Waals surface area contributed by atoms with Gasteiger partial charge in [0.05, 0.1) is 23.5 Å². The second-order valence-corrected chi connectivity index (χ2v) is 3.68. The lowest BCUT2D eigenvalue weighted by molar-refractivity contribution is 0.387. The van der Waals surface area contributed by atoms with Crippen LogP contribution in [0.3, 0.4) is 0 Å². The van der Waals surface area contributed by atoms with E-state index in [1.165, 1.54) is 31.7 Å². The molecule has 0 spiro atoms. The monoisotopic (exact) mass is 246 g/mol. The van der Waals surface area contributed by atoms with Gasteiger partial charge in [-0.05, 0) is 6.07 Å². The third-order valence-electron chi connectivity index (χ3n) is 2.63. The van der Waals surface area contributed by atoms with Gasteiger partial charge >= 0.3 is 5.76 Å². The first-order valence-electron chi connectivity index (χ1n) is 5.11. The number of fused-ring (bicyclic) bond motifs is 3. The number of hydrogen-bond donors (Lipinski definition) is 0. The molecule has 1 aromatic carbocycles. The van der Waals surface area contributed by atoms with Gasteiger partial charge in [-0.3, -0.25) is 4.98 Å². The van der Waals surface area contributed by atoms with E-state index in [9.17, 15) is 9.18 Å². The van der Waals surface area contributed by atoms with Crippen LogP contribution in [-0.4, -0.2) is 17.1 Å². The molecule has 3 rings (SSSR count). The zero-order valence-electron chi connectivity index (χ0n) is 9.31. The van der Waals surface area contributed by atoms with Crippen molar-refractivity contribution < 1.29 is 13.5 Å². The van der Waals surface area contributed by atoms with Crippen LogP contribution in [0, 0.1) is 5.82 Å². The van der Waals surface area contributed by atoms with Crippen LogP contribution in [0.1, 0.15) is 0 Å². The number of ether oxygens (including phenoxy) is 1. The number of hydrogen-bond acceptors (Lipinski definition) is 5. The summed E-state index contributed by atoms with van der Waals surface area (Å²) in [6.45, 7) is 0. The average molecular weight is 246 g/mol. The Morgan fingerprint density at radius 1 is 1.39 bits per heavy atom. The molecular weight excluding hydrogens is 239 g/mol. The molecule has 0 aliphatic rings. The van der Waals surface area contributed by atoms with Crippen LogP contribution in [0.25, 0.3) is 21.8 Å². The number of methoxy groups -OCH3 is 1. The highest BCUT2D eigenvalue weighted by molar-refractivity contribution is 6.02. The normalized spacial score (nSPS) is 11.0. The zero-order valence-corrected chi connectivity index (χ0v) is 9.31. The Balaban J connectivity index is 2.50. The molecule has 18 heavy (non-hydrogen) atoms. The summed E-state index contributed by atoms with van der Waals surface area (Å²) >= 11 is 0. The van der Waals surface area contributed by atoms with Gasteiger partial charge in [-0.1, -0.05) is 0 Å². The number of rotatable bonds is 1. The molecule has 2 heterocycles. The molecular formula is C12H7FN2O3. The number of halogens is 1. The highest BCUT2D eigenvalue weighted by Gasteiger charge is 2.10. The Bertz CT molecular complexity index is 813. The lowest BCUT2D eigenvalue weighted by Crippen LogP contribution is -2.03. The van der Waals surface area contributed by atoms with Gasteiger partial charge in [-0.15, -0.1) is 0 Å². The summed E-state index contributed by atoms with van der Waals surface area (Å²) in [4.78, 5) is 19.0. The van der Waals surface area contributed by atoms with Crippen molar-refractivity contribution in [3.05, 3.63) is 41.0 Å². The fraction of sp³-hybridized carbons (Fsp3) is 0.0833. The van der Waals surface area contributed by atoms with Crippen molar-refractivity contribution in [1.82, 2.24) is 9.97 Å². The Morgan fingerprint density at radius 2 is 2.22 bits per heavy atom. The van der Waals surface area contributed by atoms with Crippen molar-refractivity contribution in [2.75, 3.05) is 7.11 Å². The van der Waals surface area contributed by atoms with Crippen molar-refractivity contribution in [1.29, 1.82) is 0 Å². The molecule has 0 saturated carbocycles. The van der Waals surface area contributed by atoms with Crippen LogP contribution in [-0.2, 0) is 0 Å². The second kappa shape index (κ2) is 3.76. The van der Waals surface area contributed by atoms with Gasteiger partial charge < -0.3 is 9.15 Å². The van der Waals surface area contributed by atoms with Crippen molar-refractivity contribution in [2.24, 2.45) is 0 Å². The molecule has 0 amide bonds. The third-order valence-corrected chi connectivity index (χ3v) is 2.63. The molecule has 0 saturated heterocycles. The first-order valence-corrected chi connectivity index (χ1v) is 5.11. The van der Waals surface area contributed by atoms with Crippen LogP contribution in [0.15, 0.2) is 33.8 Å². The minimum Gasteiger partial charge on any atom is -0.494 e. The van der Waals surface area contributed by atoms with E-state index in [2.05, 4.69) is 14.4 Å². The highest BCUT2D eigenvalue weighted by atomic mass is 19.1. The molecule has 0 unspecified atom stereocenters. The van der Waals surface area contributed by atoms with Crippen molar-refractivity contribution in [3.63, 3.8) is 0 Å². The summed E-state index contributed by atoms with van der Waals surface area (Å²) in [7, 11) is 1.37. The summed E-state index contributed by atoms with van der Waals surface area (Å²) in [6, 6.07) is 2.70. The van der Waals surface area contributed by atoms with E-state index < -0.39 is 11.6 Å². The molecule has 2 aromatic heterocycles. The Labute approximate surface area is 99.8 Å². The highest BCUT2D eigenvalue weighted by Crippen LogP contribution is 2.27. The number of benzene rings is 1. The first kappa shape index (κ1) is 10.6. The maximum absolute atomic E-state index is 13.7. The first-order chi connectivity index (χ1) is 8.69. The summed E-state index contributed by atoms with van der Waals surface area (Å²) in [5.41, 5.74) is 0.858. The van der Waals surface area contributed by atoms with E-state index >= 15 is 0 Å². The lowest BCUT2D eigenvalue weighted by atomic mass is 10.1. The summed E-state index contributed by atoms with van der Waals surface area (Å²) in [5.74, 6) is -1.17. The van der Waals surface area contributed by atoms with Crippen LogP contribution in [0.2, 0.25) is 0 Å². The lowest BCUT2D eigenvalue weighted by Gasteiger charge is -2.05. The Hall–Kier alpha value is -2.50. The van der Waals surface area contributed by atoms with Crippen molar-refractivity contribution >= 4 is 21.8 Å². The molecule has 0 atom stereocenters. The third kappa shape index (κ3) is 1.50. The predicted molar refractivity (Wildman–Crippen MR) is 62.1 cm³/mol. The van der Waals surface area contributed by atoms with E-state index in [1.807, 2.05) is 0 Å². The molecule has 0 aliphatic carbocycles. The molecule has 3 aromatic rings. The smallest absolute Gasteiger partial charge is 0.439 e. The molecule has 0 N–H and O–H groups in total. The SMILES string of the molecule is COc1cc2ncc3coc(=O)nc3c2cc1F. The molecule has 0 bridgehead atoms. The minimum absolute atomic E-state index is 0.0947. The van der Waals surface area contributed by atoms with Crippen LogP contribution in [0.4, 0.5) is 4.39 Å². The van der Waals surface area contributed by atoms with E-state index in [1.54, 1.807) is 0 Å². The largest absolute Gasteiger partial charge is 0.494 e. The van der Waals surface area contributed by atoms with Gasteiger partial charge in [0.15, 0.2) is 11.6 Å². The van der Waals surface area contributed by atoms with Gasteiger partial charge in [0.2, 0.25) is 0 Å². The van der Waals surface area contributed by atoms with Gasteiger partial charge in [0, 0.05) is 17.6 Å². The minimum atomic E-state index is -0.730. The Morgan fingerprint density at radius 3 is 3.00 bits per heavy atom. The van der Waals surface area contributed by atoms with Gasteiger partial charge in [-0.2, -0.15) is 4.98 Å². The molecule has 0 aliphatic heterocycles. The van der Waals surface area contributed by atoms with Crippen molar-refractivity contribution in [3.8, 4) is 5.75 Å². The number of aromatic nitrogens is 2. The second-order valence-electron chi connectivity index (χ2n) is 3.68. The zero-order chi connectivity index (χ0) is 12.7. The van der Waals surface area contributed by atoms with Crippen LogP contribution >= 0.6 is 0 Å². The fourth-order valence-electron chi connectivity index (χ4n) is 1.79. The van der Waals surface area contributed by atoms with E-state index in [0.717, 1.165) is 0 Å².